The second-order valence-electron chi connectivity index (χ2n) is 8.91. The highest BCUT2D eigenvalue weighted by molar-refractivity contribution is 7.80. The Labute approximate surface area is 239 Å². The van der Waals surface area contributed by atoms with Crippen LogP contribution in [-0.4, -0.2) is 121 Å². The van der Waals surface area contributed by atoms with Crippen molar-refractivity contribution in [2.24, 2.45) is 0 Å². The third-order valence-electron chi connectivity index (χ3n) is 5.76. The SMILES string of the molecule is CC(=O)N[C@H]1C(OP(=O)(O)OP(=O)(O)OC[C@H]2O[C@@H](n3ccc(=O)[nH]c3=O)[C@H](O)[C@@H]2O)O[C@H](CO)[C@H](OS(=O)(=O)O)[C@@H]1O. The number of H-pyrrole nitrogens is 1. The number of ether oxygens (including phenoxy) is 2. The fraction of sp³-hybridized carbons (Fsp3) is 0.706. The Bertz CT molecular complexity index is 1480. The van der Waals surface area contributed by atoms with Crippen molar-refractivity contribution in [3.8, 4) is 0 Å². The minimum atomic E-state index is -5.79. The average molecular weight is 687 g/mol. The van der Waals surface area contributed by atoms with Gasteiger partial charge in [-0.25, -0.2) is 18.1 Å². The first-order valence-corrected chi connectivity index (χ1v) is 16.0. The molecule has 0 saturated carbocycles. The van der Waals surface area contributed by atoms with E-state index in [0.717, 1.165) is 19.2 Å². The molecule has 26 heteroatoms. The van der Waals surface area contributed by atoms with Crippen LogP contribution in [0.25, 0.3) is 0 Å². The number of hydrogen-bond acceptors (Lipinski definition) is 17. The number of nitrogens with zero attached hydrogens (tertiary/aromatic N) is 1. The number of aromatic nitrogens is 2. The molecule has 3 unspecified atom stereocenters. The van der Waals surface area contributed by atoms with Crippen molar-refractivity contribution in [1.29, 1.82) is 0 Å². The number of phosphoric ester groups is 2. The zero-order chi connectivity index (χ0) is 32.5. The summed E-state index contributed by atoms with van der Waals surface area (Å²) in [7, 11) is -16.7. The Morgan fingerprint density at radius 2 is 1.74 bits per heavy atom. The molecule has 0 spiro atoms. The number of aliphatic hydroxyl groups is 4. The van der Waals surface area contributed by atoms with Crippen molar-refractivity contribution in [3.05, 3.63) is 33.1 Å². The minimum absolute atomic E-state index is 0.690. The van der Waals surface area contributed by atoms with E-state index >= 15 is 0 Å². The van der Waals surface area contributed by atoms with Gasteiger partial charge in [0.1, 0.15) is 42.7 Å². The number of phosphoric acid groups is 2. The Morgan fingerprint density at radius 1 is 1.09 bits per heavy atom. The number of aromatic amines is 1. The molecule has 0 aliphatic carbocycles. The van der Waals surface area contributed by atoms with Crippen LogP contribution in [0, 0.1) is 0 Å². The molecule has 1 aromatic heterocycles. The molecule has 1 amide bonds. The van der Waals surface area contributed by atoms with Crippen LogP contribution in [0.2, 0.25) is 0 Å². The third kappa shape index (κ3) is 9.27. The van der Waals surface area contributed by atoms with Crippen LogP contribution >= 0.6 is 15.6 Å². The molecule has 2 aliphatic rings. The highest BCUT2D eigenvalue weighted by atomic mass is 32.3. The van der Waals surface area contributed by atoms with Gasteiger partial charge in [-0.1, -0.05) is 0 Å². The molecule has 2 saturated heterocycles. The first kappa shape index (κ1) is 35.5. The lowest BCUT2D eigenvalue weighted by atomic mass is 9.97. The van der Waals surface area contributed by atoms with Gasteiger partial charge < -0.3 is 45.0 Å². The minimum Gasteiger partial charge on any atom is -0.394 e. The van der Waals surface area contributed by atoms with Crippen LogP contribution < -0.4 is 16.6 Å². The smallest absolute Gasteiger partial charge is 0.394 e. The van der Waals surface area contributed by atoms with E-state index in [2.05, 4.69) is 17.5 Å². The Balaban J connectivity index is 1.70. The molecule has 0 radical (unpaired) electrons. The number of rotatable bonds is 12. The summed E-state index contributed by atoms with van der Waals surface area (Å²) in [5.41, 5.74) is -1.82. The monoisotopic (exact) mass is 687 g/mol. The van der Waals surface area contributed by atoms with Crippen molar-refractivity contribution < 1.29 is 84.1 Å². The van der Waals surface area contributed by atoms with Gasteiger partial charge in [0.25, 0.3) is 5.56 Å². The number of nitrogens with one attached hydrogen (secondary N) is 2. The molecule has 0 aromatic carbocycles. The predicted octanol–water partition coefficient (Wildman–Crippen LogP) is -4.82. The van der Waals surface area contributed by atoms with Gasteiger partial charge in [0, 0.05) is 19.2 Å². The fourth-order valence-electron chi connectivity index (χ4n) is 4.00. The maximum absolute atomic E-state index is 12.6. The molecule has 3 rings (SSSR count). The molecule has 9 N–H and O–H groups in total. The van der Waals surface area contributed by atoms with Gasteiger partial charge in [-0.2, -0.15) is 12.7 Å². The Hall–Kier alpha value is -1.96. The largest absolute Gasteiger partial charge is 0.483 e. The zero-order valence-corrected chi connectivity index (χ0v) is 24.1. The summed E-state index contributed by atoms with van der Waals surface area (Å²) in [5, 5.41) is 42.4. The molecular weight excluding hydrogens is 660 g/mol. The molecule has 3 heterocycles. The molecule has 2 fully saturated rings. The Kier molecular flexibility index (Phi) is 11.2. The van der Waals surface area contributed by atoms with Crippen LogP contribution in [0.4, 0.5) is 0 Å². The van der Waals surface area contributed by atoms with Gasteiger partial charge in [0.05, 0.1) is 13.2 Å². The number of amides is 1. The van der Waals surface area contributed by atoms with E-state index in [1.54, 1.807) is 0 Å². The molecule has 11 atom stereocenters. The van der Waals surface area contributed by atoms with Crippen molar-refractivity contribution in [1.82, 2.24) is 14.9 Å². The number of hydrogen-bond donors (Lipinski definition) is 9. The number of aliphatic hydroxyl groups excluding tert-OH is 4. The lowest BCUT2D eigenvalue weighted by Gasteiger charge is -2.43. The number of carbonyl (C=O) groups is 1. The van der Waals surface area contributed by atoms with Crippen molar-refractivity contribution in [2.45, 2.75) is 62.1 Å². The molecule has 43 heavy (non-hydrogen) atoms. The summed E-state index contributed by atoms with van der Waals surface area (Å²) in [6, 6.07) is -1.06. The zero-order valence-electron chi connectivity index (χ0n) is 21.5. The molecule has 0 bridgehead atoms. The quantitative estimate of drug-likeness (QED) is 0.0735. The standard InChI is InChI=1S/C17H27N3O20P2S/c1-6(22)18-10-12(25)14(39-43(32,33)34)7(4-21)37-16(10)38-42(30,31)40-41(28,29)35-5-8-11(24)13(26)15(36-8)20-3-2-9(23)19-17(20)27/h2-3,7-8,10-16,21,24-26H,4-5H2,1H3,(H,18,22)(H,28,29)(H,30,31)(H,19,23,27)(H,32,33,34)/t7-,8-,10-,11-,12-,13-,14+,15-,16?/m1/s1. The summed E-state index contributed by atoms with van der Waals surface area (Å²) in [4.78, 5) is 56.7. The summed E-state index contributed by atoms with van der Waals surface area (Å²) >= 11 is 0. The highest BCUT2D eigenvalue weighted by Crippen LogP contribution is 2.61. The fourth-order valence-corrected chi connectivity index (χ4v) is 6.68. The predicted molar refractivity (Wildman–Crippen MR) is 131 cm³/mol. The van der Waals surface area contributed by atoms with Gasteiger partial charge in [-0.05, 0) is 0 Å². The van der Waals surface area contributed by atoms with Gasteiger partial charge in [0.15, 0.2) is 12.5 Å². The van der Waals surface area contributed by atoms with Crippen molar-refractivity contribution in [2.75, 3.05) is 13.2 Å². The highest BCUT2D eigenvalue weighted by Gasteiger charge is 2.52. The summed E-state index contributed by atoms with van der Waals surface area (Å²) in [6.07, 6.45) is -14.5. The summed E-state index contributed by atoms with van der Waals surface area (Å²) < 4.78 is 84.7. The first-order valence-electron chi connectivity index (χ1n) is 11.6. The van der Waals surface area contributed by atoms with E-state index in [1.807, 2.05) is 10.3 Å². The van der Waals surface area contributed by atoms with E-state index in [4.69, 9.17) is 14.0 Å². The van der Waals surface area contributed by atoms with Crippen LogP contribution in [0.15, 0.2) is 21.9 Å². The maximum Gasteiger partial charge on any atom is 0.483 e. The average Bonchev–Trinajstić information content (AvgIpc) is 3.13. The second kappa shape index (κ2) is 13.6. The van der Waals surface area contributed by atoms with Crippen molar-refractivity contribution >= 4 is 32.0 Å². The normalized spacial score (nSPS) is 34.3. The molecule has 23 nitrogen and oxygen atoms in total. The molecule has 1 aromatic rings. The van der Waals surface area contributed by atoms with Gasteiger partial charge >= 0.3 is 31.7 Å². The summed E-state index contributed by atoms with van der Waals surface area (Å²) in [6.45, 7) is -1.36. The lowest BCUT2D eigenvalue weighted by molar-refractivity contribution is -0.242. The molecular formula is C17H27N3O20P2S. The van der Waals surface area contributed by atoms with Gasteiger partial charge in [-0.15, -0.1) is 0 Å². The topological polar surface area (TPSA) is 349 Å². The van der Waals surface area contributed by atoms with E-state index in [1.165, 1.54) is 0 Å². The van der Waals surface area contributed by atoms with Gasteiger partial charge in [0.2, 0.25) is 5.91 Å². The van der Waals surface area contributed by atoms with Crippen LogP contribution in [0.1, 0.15) is 13.2 Å². The maximum atomic E-state index is 12.6. The number of carbonyl (C=O) groups excluding carboxylic acids is 1. The Morgan fingerprint density at radius 3 is 2.30 bits per heavy atom. The summed E-state index contributed by atoms with van der Waals surface area (Å²) in [5.74, 6) is -0.945. The van der Waals surface area contributed by atoms with E-state index < -0.39 is 112 Å². The van der Waals surface area contributed by atoms with Crippen molar-refractivity contribution in [3.63, 3.8) is 0 Å². The lowest BCUT2D eigenvalue weighted by Crippen LogP contribution is -2.65. The van der Waals surface area contributed by atoms with E-state index in [9.17, 15) is 62.1 Å². The molecule has 246 valence electrons. The van der Waals surface area contributed by atoms with Crippen LogP contribution in [0.3, 0.4) is 0 Å². The van der Waals surface area contributed by atoms with E-state index in [-0.39, 0.29) is 0 Å². The molecule has 2 aliphatic heterocycles. The van der Waals surface area contributed by atoms with Gasteiger partial charge in [-0.3, -0.25) is 32.7 Å². The van der Waals surface area contributed by atoms with E-state index in [0.29, 0.717) is 4.57 Å². The first-order chi connectivity index (χ1) is 19.7. The second-order valence-corrected chi connectivity index (χ2v) is 13.0. The third-order valence-corrected chi connectivity index (χ3v) is 8.83. The van der Waals surface area contributed by atoms with Crippen LogP contribution in [-0.2, 0) is 51.3 Å². The van der Waals surface area contributed by atoms with Crippen LogP contribution in [0.5, 0.6) is 0 Å².